The van der Waals surface area contributed by atoms with Gasteiger partial charge in [0.2, 0.25) is 4.77 Å². The lowest BCUT2D eigenvalue weighted by Crippen LogP contribution is -2.28. The van der Waals surface area contributed by atoms with Crippen LogP contribution in [0.25, 0.3) is 10.2 Å². The van der Waals surface area contributed by atoms with E-state index in [4.69, 9.17) is 12.2 Å². The molecule has 3 aromatic rings. The number of hydrogen-bond donors (Lipinski definition) is 2. The molecule has 0 amide bonds. The lowest BCUT2D eigenvalue weighted by Gasteiger charge is -2.12. The Kier molecular flexibility index (Phi) is 3.35. The molecule has 4 rings (SSSR count). The summed E-state index contributed by atoms with van der Waals surface area (Å²) in [5.41, 5.74) is 5.10. The number of nitrogens with one attached hydrogen (secondary N) is 2. The van der Waals surface area contributed by atoms with Gasteiger partial charge >= 0.3 is 0 Å². The van der Waals surface area contributed by atoms with E-state index in [2.05, 4.69) is 10.4 Å². The summed E-state index contributed by atoms with van der Waals surface area (Å²) in [7, 11) is 0. The summed E-state index contributed by atoms with van der Waals surface area (Å²) in [5.74, 6) is 0. The first kappa shape index (κ1) is 13.7. The molecule has 1 aliphatic carbocycles. The zero-order valence-corrected chi connectivity index (χ0v) is 13.5. The molecule has 0 fully saturated rings. The SMILES string of the molecule is O=c1c2c3c(sc2[nH]c(=S)n1Nc1ccccc1)CCCC3. The fourth-order valence-electron chi connectivity index (χ4n) is 2.98. The van der Waals surface area contributed by atoms with Crippen LogP contribution in [-0.4, -0.2) is 9.66 Å². The van der Waals surface area contributed by atoms with E-state index in [-0.39, 0.29) is 5.56 Å². The minimum absolute atomic E-state index is 0.0537. The third-order valence-electron chi connectivity index (χ3n) is 4.03. The predicted molar refractivity (Wildman–Crippen MR) is 93.4 cm³/mol. The van der Waals surface area contributed by atoms with Crippen LogP contribution in [0.2, 0.25) is 0 Å². The molecular weight excluding hydrogens is 314 g/mol. The van der Waals surface area contributed by atoms with E-state index in [1.165, 1.54) is 21.5 Å². The lowest BCUT2D eigenvalue weighted by atomic mass is 9.97. The van der Waals surface area contributed by atoms with Crippen molar-refractivity contribution in [3.05, 3.63) is 55.9 Å². The molecule has 0 saturated heterocycles. The Bertz CT molecular complexity index is 953. The van der Waals surface area contributed by atoms with Gasteiger partial charge in [-0.2, -0.15) is 4.68 Å². The highest BCUT2D eigenvalue weighted by atomic mass is 32.1. The molecule has 22 heavy (non-hydrogen) atoms. The summed E-state index contributed by atoms with van der Waals surface area (Å²) >= 11 is 7.04. The highest BCUT2D eigenvalue weighted by molar-refractivity contribution is 7.71. The van der Waals surface area contributed by atoms with Crippen molar-refractivity contribution in [1.82, 2.24) is 9.66 Å². The maximum atomic E-state index is 12.9. The van der Waals surface area contributed by atoms with Crippen molar-refractivity contribution in [3.63, 3.8) is 0 Å². The standard InChI is InChI=1S/C16H15N3OS2/c20-15-13-11-8-4-5-9-12(11)22-14(13)17-16(21)19(15)18-10-6-2-1-3-7-10/h1-3,6-7,18H,4-5,8-9H2,(H,17,21). The molecule has 0 unspecified atom stereocenters. The Morgan fingerprint density at radius 1 is 1.18 bits per heavy atom. The molecule has 0 saturated carbocycles. The number of aromatic nitrogens is 2. The van der Waals surface area contributed by atoms with Gasteiger partial charge in [-0.25, -0.2) is 0 Å². The van der Waals surface area contributed by atoms with Gasteiger partial charge in [-0.15, -0.1) is 11.3 Å². The van der Waals surface area contributed by atoms with Crippen LogP contribution in [0.1, 0.15) is 23.3 Å². The first-order valence-corrected chi connectivity index (χ1v) is 8.58. The summed E-state index contributed by atoms with van der Waals surface area (Å²) in [4.78, 5) is 18.4. The summed E-state index contributed by atoms with van der Waals surface area (Å²) in [6.45, 7) is 0. The monoisotopic (exact) mass is 329 g/mol. The predicted octanol–water partition coefficient (Wildman–Crippen LogP) is 3.87. The van der Waals surface area contributed by atoms with Gasteiger partial charge in [0.1, 0.15) is 4.83 Å². The number of aromatic amines is 1. The Hall–Kier alpha value is -1.92. The summed E-state index contributed by atoms with van der Waals surface area (Å²) in [6.07, 6.45) is 4.42. The number of thiophene rings is 1. The number of hydrogen-bond acceptors (Lipinski definition) is 4. The first-order valence-electron chi connectivity index (χ1n) is 7.36. The first-order chi connectivity index (χ1) is 10.7. The summed E-state index contributed by atoms with van der Waals surface area (Å²) in [6, 6.07) is 9.60. The highest BCUT2D eigenvalue weighted by Crippen LogP contribution is 2.33. The van der Waals surface area contributed by atoms with Crippen LogP contribution in [0.3, 0.4) is 0 Å². The van der Waals surface area contributed by atoms with Crippen molar-refractivity contribution in [1.29, 1.82) is 0 Å². The minimum atomic E-state index is -0.0537. The van der Waals surface area contributed by atoms with Gasteiger partial charge in [-0.05, 0) is 55.6 Å². The molecule has 0 radical (unpaired) electrons. The third kappa shape index (κ3) is 2.19. The van der Waals surface area contributed by atoms with Crippen LogP contribution in [0.5, 0.6) is 0 Å². The van der Waals surface area contributed by atoms with Crippen LogP contribution in [0, 0.1) is 4.77 Å². The van der Waals surface area contributed by atoms with E-state index in [0.29, 0.717) is 4.77 Å². The molecule has 0 bridgehead atoms. The second-order valence-corrected chi connectivity index (χ2v) is 6.96. The molecule has 0 spiro atoms. The lowest BCUT2D eigenvalue weighted by molar-refractivity contribution is 0.699. The van der Waals surface area contributed by atoms with Gasteiger partial charge in [0.05, 0.1) is 11.1 Å². The maximum absolute atomic E-state index is 12.9. The second-order valence-electron chi connectivity index (χ2n) is 5.46. The molecule has 0 aliphatic heterocycles. The molecular formula is C16H15N3OS2. The van der Waals surface area contributed by atoms with Crippen LogP contribution in [-0.2, 0) is 12.8 Å². The Labute approximate surface area is 136 Å². The Morgan fingerprint density at radius 3 is 2.77 bits per heavy atom. The topological polar surface area (TPSA) is 49.8 Å². The van der Waals surface area contributed by atoms with Gasteiger partial charge in [0.25, 0.3) is 5.56 Å². The van der Waals surface area contributed by atoms with Gasteiger partial charge in [-0.1, -0.05) is 18.2 Å². The minimum Gasteiger partial charge on any atom is -0.322 e. The van der Waals surface area contributed by atoms with Crippen LogP contribution in [0.4, 0.5) is 5.69 Å². The van der Waals surface area contributed by atoms with Crippen molar-refractivity contribution >= 4 is 39.5 Å². The van der Waals surface area contributed by atoms with Crippen LogP contribution >= 0.6 is 23.6 Å². The fraction of sp³-hybridized carbons (Fsp3) is 0.250. The quantitative estimate of drug-likeness (QED) is 0.702. The van der Waals surface area contributed by atoms with Crippen molar-refractivity contribution < 1.29 is 0 Å². The molecule has 2 aromatic heterocycles. The number of nitrogens with zero attached hydrogens (tertiary/aromatic N) is 1. The van der Waals surface area contributed by atoms with Gasteiger partial charge in [0, 0.05) is 4.88 Å². The summed E-state index contributed by atoms with van der Waals surface area (Å²) in [5, 5.41) is 0.803. The fourth-order valence-corrected chi connectivity index (χ4v) is 4.56. The zero-order valence-electron chi connectivity index (χ0n) is 11.9. The Morgan fingerprint density at radius 2 is 1.95 bits per heavy atom. The molecule has 1 aliphatic rings. The van der Waals surface area contributed by atoms with Crippen LogP contribution in [0.15, 0.2) is 35.1 Å². The number of anilines is 1. The van der Waals surface area contributed by atoms with Crippen molar-refractivity contribution in [2.45, 2.75) is 25.7 Å². The largest absolute Gasteiger partial charge is 0.322 e. The molecule has 2 heterocycles. The molecule has 4 nitrogen and oxygen atoms in total. The van der Waals surface area contributed by atoms with E-state index in [1.54, 1.807) is 11.3 Å². The Balaban J connectivity index is 1.92. The third-order valence-corrected chi connectivity index (χ3v) is 5.52. The van der Waals surface area contributed by atoms with Crippen molar-refractivity contribution in [3.8, 4) is 0 Å². The van der Waals surface area contributed by atoms with E-state index in [1.807, 2.05) is 30.3 Å². The molecule has 6 heteroatoms. The van der Waals surface area contributed by atoms with Gasteiger partial charge in [-0.3, -0.25) is 10.2 Å². The van der Waals surface area contributed by atoms with Crippen LogP contribution < -0.4 is 11.0 Å². The number of para-hydroxylation sites is 1. The number of fused-ring (bicyclic) bond motifs is 3. The second kappa shape index (κ2) is 5.37. The smallest absolute Gasteiger partial charge is 0.282 e. The average Bonchev–Trinajstić information content (AvgIpc) is 2.90. The van der Waals surface area contributed by atoms with Crippen molar-refractivity contribution in [2.75, 3.05) is 5.43 Å². The number of H-pyrrole nitrogens is 1. The molecule has 1 aromatic carbocycles. The maximum Gasteiger partial charge on any atom is 0.282 e. The average molecular weight is 329 g/mol. The van der Waals surface area contributed by atoms with E-state index < -0.39 is 0 Å². The highest BCUT2D eigenvalue weighted by Gasteiger charge is 2.20. The van der Waals surface area contributed by atoms with E-state index in [0.717, 1.165) is 35.2 Å². The van der Waals surface area contributed by atoms with Gasteiger partial charge in [0.15, 0.2) is 0 Å². The molecule has 2 N–H and O–H groups in total. The molecule has 112 valence electrons. The van der Waals surface area contributed by atoms with E-state index >= 15 is 0 Å². The van der Waals surface area contributed by atoms with Gasteiger partial charge < -0.3 is 4.98 Å². The van der Waals surface area contributed by atoms with Crippen molar-refractivity contribution in [2.24, 2.45) is 0 Å². The number of benzene rings is 1. The molecule has 0 atom stereocenters. The van der Waals surface area contributed by atoms with E-state index in [9.17, 15) is 4.79 Å². The normalized spacial score (nSPS) is 14.0. The number of rotatable bonds is 2. The zero-order chi connectivity index (χ0) is 15.1. The number of aryl methyl sites for hydroxylation is 2. The summed E-state index contributed by atoms with van der Waals surface area (Å²) < 4.78 is 1.84.